The minimum atomic E-state index is 0.267. The van der Waals surface area contributed by atoms with E-state index in [-0.39, 0.29) is 5.92 Å². The van der Waals surface area contributed by atoms with Gasteiger partial charge in [0.2, 0.25) is 5.91 Å². The summed E-state index contributed by atoms with van der Waals surface area (Å²) in [5.74, 6) is 0.574. The second-order valence-corrected chi connectivity index (χ2v) is 2.80. The molecule has 1 fully saturated rings. The zero-order valence-electron chi connectivity index (χ0n) is 6.05. The van der Waals surface area contributed by atoms with E-state index in [1.54, 1.807) is 0 Å². The first-order valence-corrected chi connectivity index (χ1v) is 3.47. The highest BCUT2D eigenvalue weighted by Gasteiger charge is 2.21. The molecule has 0 aliphatic carbocycles. The van der Waals surface area contributed by atoms with Crippen molar-refractivity contribution in [2.24, 2.45) is 5.92 Å². The van der Waals surface area contributed by atoms with Gasteiger partial charge in [-0.15, -0.1) is 0 Å². The van der Waals surface area contributed by atoms with Crippen molar-refractivity contribution in [2.45, 2.75) is 19.8 Å². The average molecular weight is 127 g/mol. The van der Waals surface area contributed by atoms with Crippen molar-refractivity contribution in [3.8, 4) is 0 Å². The predicted molar refractivity (Wildman–Crippen MR) is 36.0 cm³/mol. The van der Waals surface area contributed by atoms with E-state index in [1.165, 1.54) is 6.42 Å². The Hall–Kier alpha value is -0.530. The molecule has 0 saturated carbocycles. The molecule has 0 aromatic rings. The van der Waals surface area contributed by atoms with Crippen LogP contribution in [-0.4, -0.2) is 24.4 Å². The summed E-state index contributed by atoms with van der Waals surface area (Å²) in [6.45, 7) is 2.95. The number of likely N-dealkylation sites (tertiary alicyclic amines) is 1. The summed E-state index contributed by atoms with van der Waals surface area (Å²) in [6.07, 6.45) is 2.24. The Morgan fingerprint density at radius 1 is 1.67 bits per heavy atom. The van der Waals surface area contributed by atoms with E-state index in [2.05, 4.69) is 0 Å². The van der Waals surface area contributed by atoms with E-state index in [0.29, 0.717) is 5.91 Å². The zero-order chi connectivity index (χ0) is 6.85. The maximum absolute atomic E-state index is 11.1. The van der Waals surface area contributed by atoms with E-state index in [4.69, 9.17) is 0 Å². The second kappa shape index (κ2) is 2.38. The molecule has 2 nitrogen and oxygen atoms in total. The fourth-order valence-electron chi connectivity index (χ4n) is 1.24. The van der Waals surface area contributed by atoms with Crippen LogP contribution in [0.15, 0.2) is 0 Å². The third-order valence-electron chi connectivity index (χ3n) is 1.93. The molecule has 52 valence electrons. The number of piperidine rings is 1. The van der Waals surface area contributed by atoms with Crippen molar-refractivity contribution in [1.82, 2.24) is 4.90 Å². The standard InChI is InChI=1S/C7H13NO/c1-6-4-3-5-8(2)7(6)9/h6H,3-5H2,1-2H3/t6-/m1/s1. The number of carbonyl (C=O) groups excluding carboxylic acids is 1. The van der Waals surface area contributed by atoms with Crippen LogP contribution in [0.25, 0.3) is 0 Å². The number of amides is 1. The normalized spacial score (nSPS) is 28.9. The summed E-state index contributed by atoms with van der Waals surface area (Å²) in [6, 6.07) is 0. The monoisotopic (exact) mass is 127 g/mol. The molecule has 0 aromatic heterocycles. The Morgan fingerprint density at radius 2 is 2.33 bits per heavy atom. The quantitative estimate of drug-likeness (QED) is 0.473. The van der Waals surface area contributed by atoms with Gasteiger partial charge in [-0.3, -0.25) is 4.79 Å². The number of hydrogen-bond acceptors (Lipinski definition) is 1. The van der Waals surface area contributed by atoms with Gasteiger partial charge in [0.25, 0.3) is 0 Å². The highest BCUT2D eigenvalue weighted by atomic mass is 16.2. The Labute approximate surface area is 55.8 Å². The van der Waals surface area contributed by atoms with Gasteiger partial charge in [-0.25, -0.2) is 0 Å². The third-order valence-corrected chi connectivity index (χ3v) is 1.93. The summed E-state index contributed by atoms with van der Waals surface area (Å²) in [5, 5.41) is 0. The zero-order valence-corrected chi connectivity index (χ0v) is 6.05. The maximum Gasteiger partial charge on any atom is 0.225 e. The third kappa shape index (κ3) is 1.23. The topological polar surface area (TPSA) is 20.3 Å². The Kier molecular flexibility index (Phi) is 1.74. The van der Waals surface area contributed by atoms with Gasteiger partial charge in [0.1, 0.15) is 0 Å². The molecule has 1 atom stereocenters. The fraction of sp³-hybridized carbons (Fsp3) is 0.857. The van der Waals surface area contributed by atoms with Gasteiger partial charge in [-0.2, -0.15) is 0 Å². The minimum Gasteiger partial charge on any atom is -0.346 e. The Balaban J connectivity index is 2.52. The van der Waals surface area contributed by atoms with Crippen LogP contribution in [0, 0.1) is 5.92 Å². The summed E-state index contributed by atoms with van der Waals surface area (Å²) < 4.78 is 0. The lowest BCUT2D eigenvalue weighted by atomic mass is 10.0. The van der Waals surface area contributed by atoms with Crippen molar-refractivity contribution >= 4 is 5.91 Å². The molecule has 1 aliphatic rings. The van der Waals surface area contributed by atoms with Crippen molar-refractivity contribution in [3.63, 3.8) is 0 Å². The molecule has 1 aliphatic heterocycles. The van der Waals surface area contributed by atoms with Gasteiger partial charge in [0.05, 0.1) is 0 Å². The fourth-order valence-corrected chi connectivity index (χ4v) is 1.24. The smallest absolute Gasteiger partial charge is 0.225 e. The molecule has 1 rings (SSSR count). The summed E-state index contributed by atoms with van der Waals surface area (Å²) in [7, 11) is 1.87. The van der Waals surface area contributed by atoms with Gasteiger partial charge in [-0.1, -0.05) is 6.92 Å². The molecule has 0 unspecified atom stereocenters. The Morgan fingerprint density at radius 3 is 2.78 bits per heavy atom. The maximum atomic E-state index is 11.1. The van der Waals surface area contributed by atoms with Gasteiger partial charge in [-0.05, 0) is 12.8 Å². The molecule has 0 N–H and O–H groups in total. The molecule has 9 heavy (non-hydrogen) atoms. The van der Waals surface area contributed by atoms with Crippen molar-refractivity contribution in [3.05, 3.63) is 0 Å². The molecule has 0 aromatic carbocycles. The van der Waals surface area contributed by atoms with Gasteiger partial charge >= 0.3 is 0 Å². The molecular weight excluding hydrogens is 114 g/mol. The first-order valence-electron chi connectivity index (χ1n) is 3.47. The lowest BCUT2D eigenvalue weighted by Gasteiger charge is -2.26. The van der Waals surface area contributed by atoms with E-state index in [1.807, 2.05) is 18.9 Å². The van der Waals surface area contributed by atoms with Crippen LogP contribution in [0.5, 0.6) is 0 Å². The number of hydrogen-bond donors (Lipinski definition) is 0. The molecule has 1 heterocycles. The second-order valence-electron chi connectivity index (χ2n) is 2.80. The largest absolute Gasteiger partial charge is 0.346 e. The van der Waals surface area contributed by atoms with Crippen LogP contribution >= 0.6 is 0 Å². The van der Waals surface area contributed by atoms with E-state index < -0.39 is 0 Å². The highest BCUT2D eigenvalue weighted by Crippen LogP contribution is 2.14. The van der Waals surface area contributed by atoms with Crippen LogP contribution in [0.2, 0.25) is 0 Å². The Bertz CT molecular complexity index is 110. The van der Waals surface area contributed by atoms with Crippen molar-refractivity contribution < 1.29 is 4.79 Å². The summed E-state index contributed by atoms with van der Waals surface area (Å²) in [4.78, 5) is 12.9. The van der Waals surface area contributed by atoms with Gasteiger partial charge in [0.15, 0.2) is 0 Å². The van der Waals surface area contributed by atoms with Crippen LogP contribution in [0.4, 0.5) is 0 Å². The van der Waals surface area contributed by atoms with Crippen LogP contribution in [0.3, 0.4) is 0 Å². The number of nitrogens with zero attached hydrogens (tertiary/aromatic N) is 1. The van der Waals surface area contributed by atoms with E-state index >= 15 is 0 Å². The van der Waals surface area contributed by atoms with Gasteiger partial charge < -0.3 is 4.90 Å². The first-order chi connectivity index (χ1) is 4.22. The van der Waals surface area contributed by atoms with Crippen LogP contribution < -0.4 is 0 Å². The molecule has 0 spiro atoms. The lowest BCUT2D eigenvalue weighted by Crippen LogP contribution is -2.36. The molecule has 1 amide bonds. The number of rotatable bonds is 0. The van der Waals surface area contributed by atoms with Gasteiger partial charge in [0, 0.05) is 19.5 Å². The van der Waals surface area contributed by atoms with Crippen LogP contribution in [-0.2, 0) is 4.79 Å². The first kappa shape index (κ1) is 6.59. The highest BCUT2D eigenvalue weighted by molar-refractivity contribution is 5.78. The summed E-state index contributed by atoms with van der Waals surface area (Å²) >= 11 is 0. The van der Waals surface area contributed by atoms with Crippen molar-refractivity contribution in [2.75, 3.05) is 13.6 Å². The average Bonchev–Trinajstić information content (AvgIpc) is 1.83. The van der Waals surface area contributed by atoms with E-state index in [9.17, 15) is 4.79 Å². The van der Waals surface area contributed by atoms with Crippen LogP contribution in [0.1, 0.15) is 19.8 Å². The molecule has 0 radical (unpaired) electrons. The summed E-state index contributed by atoms with van der Waals surface area (Å²) in [5.41, 5.74) is 0. The molecule has 0 bridgehead atoms. The number of carbonyl (C=O) groups is 1. The van der Waals surface area contributed by atoms with E-state index in [0.717, 1.165) is 13.0 Å². The lowest BCUT2D eigenvalue weighted by molar-refractivity contribution is -0.136. The minimum absolute atomic E-state index is 0.267. The predicted octanol–water partition coefficient (Wildman–Crippen LogP) is 0.875. The molecule has 2 heteroatoms. The SMILES string of the molecule is C[C@@H]1CCCN(C)C1=O. The molecule has 1 saturated heterocycles. The molecular formula is C7H13NO. The van der Waals surface area contributed by atoms with Crippen molar-refractivity contribution in [1.29, 1.82) is 0 Å².